The van der Waals surface area contributed by atoms with Crippen LogP contribution in [-0.4, -0.2) is 25.0 Å². The molecule has 0 radical (unpaired) electrons. The predicted molar refractivity (Wildman–Crippen MR) is 82.7 cm³/mol. The number of amides is 1. The molecule has 110 valence electrons. The molecule has 20 heavy (non-hydrogen) atoms. The highest BCUT2D eigenvalue weighted by atomic mass is 16.2. The van der Waals surface area contributed by atoms with Crippen molar-refractivity contribution in [1.29, 1.82) is 0 Å². The van der Waals surface area contributed by atoms with Gasteiger partial charge < -0.3 is 10.6 Å². The Kier molecular flexibility index (Phi) is 4.81. The quantitative estimate of drug-likeness (QED) is 0.827. The summed E-state index contributed by atoms with van der Waals surface area (Å²) in [7, 11) is 0. The van der Waals surface area contributed by atoms with Crippen molar-refractivity contribution in [3.63, 3.8) is 0 Å². The third-order valence-electron chi connectivity index (χ3n) is 3.87. The Balaban J connectivity index is 1.70. The second-order valence-corrected chi connectivity index (χ2v) is 6.67. The summed E-state index contributed by atoms with van der Waals surface area (Å²) in [6, 6.07) is 9.23. The van der Waals surface area contributed by atoms with Crippen molar-refractivity contribution in [1.82, 2.24) is 10.6 Å². The minimum Gasteiger partial charge on any atom is -0.354 e. The number of nitrogens with one attached hydrogen (secondary N) is 2. The van der Waals surface area contributed by atoms with Crippen LogP contribution < -0.4 is 10.6 Å². The van der Waals surface area contributed by atoms with Crippen molar-refractivity contribution in [3.05, 3.63) is 35.4 Å². The lowest BCUT2D eigenvalue weighted by molar-refractivity contribution is -0.128. The highest BCUT2D eigenvalue weighted by Gasteiger charge is 2.21. The highest BCUT2D eigenvalue weighted by Crippen LogP contribution is 2.20. The molecule has 1 aliphatic rings. The average molecular weight is 274 g/mol. The zero-order valence-corrected chi connectivity index (χ0v) is 12.8. The standard InChI is InChI=1S/C17H26N2O/c1-17(2,3)16(20)19-11-10-18-15-9-8-13-6-4-5-7-14(13)12-15/h4-7,15,18H,8-12H2,1-3H3,(H,19,20)/t15-/m1/s1. The molecule has 0 fully saturated rings. The number of carbonyl (C=O) groups is 1. The Labute approximate surface area is 122 Å². The van der Waals surface area contributed by atoms with E-state index in [-0.39, 0.29) is 11.3 Å². The molecule has 0 saturated carbocycles. The van der Waals surface area contributed by atoms with E-state index in [4.69, 9.17) is 0 Å². The van der Waals surface area contributed by atoms with Crippen molar-refractivity contribution < 1.29 is 4.79 Å². The molecule has 0 saturated heterocycles. The molecule has 0 heterocycles. The Hall–Kier alpha value is -1.35. The van der Waals surface area contributed by atoms with Crippen LogP contribution in [-0.2, 0) is 17.6 Å². The van der Waals surface area contributed by atoms with Gasteiger partial charge in [0.1, 0.15) is 0 Å². The van der Waals surface area contributed by atoms with E-state index in [1.54, 1.807) is 0 Å². The molecule has 1 atom stereocenters. The Morgan fingerprint density at radius 1 is 1.20 bits per heavy atom. The number of benzene rings is 1. The van der Waals surface area contributed by atoms with E-state index >= 15 is 0 Å². The Bertz CT molecular complexity index is 462. The lowest BCUT2D eigenvalue weighted by atomic mass is 9.88. The molecule has 2 N–H and O–H groups in total. The highest BCUT2D eigenvalue weighted by molar-refractivity contribution is 5.81. The number of hydrogen-bond donors (Lipinski definition) is 2. The first-order chi connectivity index (χ1) is 9.47. The summed E-state index contributed by atoms with van der Waals surface area (Å²) in [4.78, 5) is 11.7. The fraction of sp³-hybridized carbons (Fsp3) is 0.588. The molecule has 1 amide bonds. The van der Waals surface area contributed by atoms with E-state index in [1.165, 1.54) is 17.5 Å². The molecular formula is C17H26N2O. The maximum absolute atomic E-state index is 11.7. The second-order valence-electron chi connectivity index (χ2n) is 6.67. The number of aryl methyl sites for hydroxylation is 1. The number of fused-ring (bicyclic) bond motifs is 1. The van der Waals surface area contributed by atoms with Crippen molar-refractivity contribution in [2.45, 2.75) is 46.1 Å². The SMILES string of the molecule is CC(C)(C)C(=O)NCCN[C@@H]1CCc2ccccc2C1. The van der Waals surface area contributed by atoms with Crippen LogP contribution in [0.3, 0.4) is 0 Å². The number of rotatable bonds is 4. The molecule has 1 aromatic rings. The minimum absolute atomic E-state index is 0.119. The van der Waals surface area contributed by atoms with E-state index in [1.807, 2.05) is 20.8 Å². The fourth-order valence-corrected chi connectivity index (χ4v) is 2.59. The number of hydrogen-bond acceptors (Lipinski definition) is 2. The van der Waals surface area contributed by atoms with Crippen LogP contribution in [0.5, 0.6) is 0 Å². The summed E-state index contributed by atoms with van der Waals surface area (Å²) in [5.41, 5.74) is 2.66. The summed E-state index contributed by atoms with van der Waals surface area (Å²) in [6.07, 6.45) is 3.44. The van der Waals surface area contributed by atoms with Crippen LogP contribution in [0.4, 0.5) is 0 Å². The topological polar surface area (TPSA) is 41.1 Å². The van der Waals surface area contributed by atoms with E-state index in [2.05, 4.69) is 34.9 Å². The van der Waals surface area contributed by atoms with Crippen LogP contribution in [0.25, 0.3) is 0 Å². The van der Waals surface area contributed by atoms with Gasteiger partial charge in [-0.05, 0) is 30.4 Å². The first-order valence-corrected chi connectivity index (χ1v) is 7.55. The summed E-state index contributed by atoms with van der Waals surface area (Å²) in [6.45, 7) is 7.36. The lowest BCUT2D eigenvalue weighted by Gasteiger charge is -2.26. The molecule has 3 heteroatoms. The molecule has 1 aromatic carbocycles. The average Bonchev–Trinajstić information content (AvgIpc) is 2.42. The summed E-state index contributed by atoms with van der Waals surface area (Å²) in [5, 5.41) is 6.53. The van der Waals surface area contributed by atoms with Crippen LogP contribution >= 0.6 is 0 Å². The van der Waals surface area contributed by atoms with E-state index in [9.17, 15) is 4.79 Å². The second kappa shape index (κ2) is 6.40. The van der Waals surface area contributed by atoms with Gasteiger partial charge >= 0.3 is 0 Å². The normalized spacial score (nSPS) is 18.4. The summed E-state index contributed by atoms with van der Waals surface area (Å²) in [5.74, 6) is 0.119. The first kappa shape index (κ1) is 15.0. The monoisotopic (exact) mass is 274 g/mol. The molecule has 0 spiro atoms. The van der Waals surface area contributed by atoms with Crippen molar-refractivity contribution >= 4 is 5.91 Å². The van der Waals surface area contributed by atoms with E-state index in [0.717, 1.165) is 19.4 Å². The molecule has 3 nitrogen and oxygen atoms in total. The van der Waals surface area contributed by atoms with Gasteiger partial charge in [-0.1, -0.05) is 45.0 Å². The van der Waals surface area contributed by atoms with Gasteiger partial charge in [0.2, 0.25) is 5.91 Å². The zero-order valence-electron chi connectivity index (χ0n) is 12.8. The van der Waals surface area contributed by atoms with Gasteiger partial charge in [-0.25, -0.2) is 0 Å². The summed E-state index contributed by atoms with van der Waals surface area (Å²) >= 11 is 0. The van der Waals surface area contributed by atoms with Crippen molar-refractivity contribution in [2.24, 2.45) is 5.41 Å². The maximum atomic E-state index is 11.7. The van der Waals surface area contributed by atoms with Crippen LogP contribution in [0, 0.1) is 5.41 Å². The smallest absolute Gasteiger partial charge is 0.225 e. The molecule has 0 bridgehead atoms. The predicted octanol–water partition coefficient (Wildman–Crippen LogP) is 2.30. The van der Waals surface area contributed by atoms with Gasteiger partial charge in [0.25, 0.3) is 0 Å². The van der Waals surface area contributed by atoms with Crippen LogP contribution in [0.2, 0.25) is 0 Å². The van der Waals surface area contributed by atoms with Gasteiger partial charge in [-0.15, -0.1) is 0 Å². The van der Waals surface area contributed by atoms with E-state index < -0.39 is 0 Å². The molecule has 0 aromatic heterocycles. The van der Waals surface area contributed by atoms with Crippen LogP contribution in [0.1, 0.15) is 38.3 Å². The fourth-order valence-electron chi connectivity index (χ4n) is 2.59. The molecule has 1 aliphatic carbocycles. The number of carbonyl (C=O) groups excluding carboxylic acids is 1. The van der Waals surface area contributed by atoms with Gasteiger partial charge in [-0.2, -0.15) is 0 Å². The summed E-state index contributed by atoms with van der Waals surface area (Å²) < 4.78 is 0. The minimum atomic E-state index is -0.302. The first-order valence-electron chi connectivity index (χ1n) is 7.55. The van der Waals surface area contributed by atoms with Gasteiger partial charge in [0.15, 0.2) is 0 Å². The van der Waals surface area contributed by atoms with Gasteiger partial charge in [-0.3, -0.25) is 4.79 Å². The lowest BCUT2D eigenvalue weighted by Crippen LogP contribution is -2.42. The molecule has 0 aliphatic heterocycles. The molecule has 0 unspecified atom stereocenters. The van der Waals surface area contributed by atoms with Gasteiger partial charge in [0.05, 0.1) is 0 Å². The van der Waals surface area contributed by atoms with Crippen molar-refractivity contribution in [2.75, 3.05) is 13.1 Å². The van der Waals surface area contributed by atoms with Gasteiger partial charge in [0, 0.05) is 24.5 Å². The molecule has 2 rings (SSSR count). The third kappa shape index (κ3) is 4.07. The van der Waals surface area contributed by atoms with Crippen LogP contribution in [0.15, 0.2) is 24.3 Å². The largest absolute Gasteiger partial charge is 0.354 e. The van der Waals surface area contributed by atoms with E-state index in [0.29, 0.717) is 12.6 Å². The third-order valence-corrected chi connectivity index (χ3v) is 3.87. The Morgan fingerprint density at radius 2 is 1.90 bits per heavy atom. The zero-order chi connectivity index (χ0) is 14.6. The Morgan fingerprint density at radius 3 is 2.60 bits per heavy atom. The maximum Gasteiger partial charge on any atom is 0.225 e. The molecular weight excluding hydrogens is 248 g/mol. The van der Waals surface area contributed by atoms with Crippen molar-refractivity contribution in [3.8, 4) is 0 Å².